The third-order valence-corrected chi connectivity index (χ3v) is 4.93. The molecule has 1 aliphatic rings. The number of halogens is 1. The van der Waals surface area contributed by atoms with E-state index in [1.807, 2.05) is 0 Å². The highest BCUT2D eigenvalue weighted by Crippen LogP contribution is 2.31. The minimum absolute atomic E-state index is 0.0619. The largest absolute Gasteiger partial charge is 0.469 e. The van der Waals surface area contributed by atoms with E-state index in [2.05, 4.69) is 4.72 Å². The third kappa shape index (κ3) is 2.48. The zero-order chi connectivity index (χ0) is 14.2. The second kappa shape index (κ2) is 5.03. The average Bonchev–Trinajstić information content (AvgIpc) is 2.88. The average molecular weight is 295 g/mol. The Morgan fingerprint density at radius 3 is 2.95 bits per heavy atom. The van der Waals surface area contributed by atoms with E-state index in [0.717, 1.165) is 30.2 Å². The molecule has 4 nitrogen and oxygen atoms in total. The van der Waals surface area contributed by atoms with Crippen LogP contribution in [0, 0.1) is 5.82 Å². The lowest BCUT2D eigenvalue weighted by atomic mass is 9.94. The Bertz CT molecular complexity index is 724. The van der Waals surface area contributed by atoms with Crippen LogP contribution < -0.4 is 4.72 Å². The fourth-order valence-corrected chi connectivity index (χ4v) is 3.78. The van der Waals surface area contributed by atoms with Gasteiger partial charge in [0.25, 0.3) is 0 Å². The first-order valence-corrected chi connectivity index (χ1v) is 7.89. The van der Waals surface area contributed by atoms with E-state index in [-0.39, 0.29) is 10.9 Å². The molecule has 0 aliphatic heterocycles. The van der Waals surface area contributed by atoms with Crippen molar-refractivity contribution in [2.75, 3.05) is 0 Å². The Morgan fingerprint density at radius 2 is 2.15 bits per heavy atom. The zero-order valence-electron chi connectivity index (χ0n) is 10.7. The summed E-state index contributed by atoms with van der Waals surface area (Å²) in [6.07, 6.45) is 3.96. The third-order valence-electron chi connectivity index (χ3n) is 3.46. The van der Waals surface area contributed by atoms with Crippen LogP contribution in [0.2, 0.25) is 0 Å². The molecule has 3 rings (SSSR count). The highest BCUT2D eigenvalue weighted by atomic mass is 32.2. The first kappa shape index (κ1) is 13.3. The van der Waals surface area contributed by atoms with Gasteiger partial charge in [0.1, 0.15) is 11.6 Å². The van der Waals surface area contributed by atoms with E-state index in [4.69, 9.17) is 4.42 Å². The Hall–Kier alpha value is -1.66. The standard InChI is InChI=1S/C14H14FNO3S/c15-10-3-1-4-11(9-10)20(17,18)16-13-5-2-6-14-12(13)7-8-19-14/h1,3-4,7-9,13,16H,2,5-6H2/t13-/m0/s1. The summed E-state index contributed by atoms with van der Waals surface area (Å²) >= 11 is 0. The molecule has 1 N–H and O–H groups in total. The number of nitrogens with one attached hydrogen (secondary N) is 1. The van der Waals surface area contributed by atoms with Gasteiger partial charge in [0.05, 0.1) is 17.2 Å². The fraction of sp³-hybridized carbons (Fsp3) is 0.286. The van der Waals surface area contributed by atoms with E-state index >= 15 is 0 Å². The smallest absolute Gasteiger partial charge is 0.241 e. The van der Waals surface area contributed by atoms with Crippen molar-refractivity contribution in [1.82, 2.24) is 4.72 Å². The Labute approximate surface area is 116 Å². The van der Waals surface area contributed by atoms with Crippen LogP contribution in [0.3, 0.4) is 0 Å². The van der Waals surface area contributed by atoms with Crippen LogP contribution in [0.15, 0.2) is 45.9 Å². The summed E-state index contributed by atoms with van der Waals surface area (Å²) in [6, 6.07) is 6.46. The molecule has 0 radical (unpaired) electrons. The quantitative estimate of drug-likeness (QED) is 0.947. The van der Waals surface area contributed by atoms with Crippen LogP contribution in [0.1, 0.15) is 30.2 Å². The van der Waals surface area contributed by atoms with E-state index in [1.165, 1.54) is 18.2 Å². The van der Waals surface area contributed by atoms with Crippen molar-refractivity contribution in [1.29, 1.82) is 0 Å². The second-order valence-corrected chi connectivity index (χ2v) is 6.54. The first-order chi connectivity index (χ1) is 9.56. The molecule has 1 heterocycles. The second-order valence-electron chi connectivity index (χ2n) is 4.82. The Kier molecular flexibility index (Phi) is 3.35. The summed E-state index contributed by atoms with van der Waals surface area (Å²) in [4.78, 5) is -0.0619. The molecule has 106 valence electrons. The topological polar surface area (TPSA) is 59.3 Å². The van der Waals surface area contributed by atoms with Crippen molar-refractivity contribution in [2.24, 2.45) is 0 Å². The molecule has 0 fully saturated rings. The van der Waals surface area contributed by atoms with E-state index < -0.39 is 15.8 Å². The van der Waals surface area contributed by atoms with Gasteiger partial charge < -0.3 is 4.42 Å². The predicted molar refractivity (Wildman–Crippen MR) is 71.1 cm³/mol. The summed E-state index contributed by atoms with van der Waals surface area (Å²) in [5, 5.41) is 0. The van der Waals surface area contributed by atoms with Crippen molar-refractivity contribution in [3.8, 4) is 0 Å². The van der Waals surface area contributed by atoms with Crippen molar-refractivity contribution in [2.45, 2.75) is 30.2 Å². The minimum atomic E-state index is -3.73. The van der Waals surface area contributed by atoms with Crippen molar-refractivity contribution in [3.63, 3.8) is 0 Å². The summed E-state index contributed by atoms with van der Waals surface area (Å²) in [5.74, 6) is 0.253. The number of hydrogen-bond acceptors (Lipinski definition) is 3. The normalized spacial score (nSPS) is 18.8. The molecule has 1 aliphatic carbocycles. The molecule has 0 saturated carbocycles. The number of sulfonamides is 1. The molecule has 20 heavy (non-hydrogen) atoms. The van der Waals surface area contributed by atoms with Gasteiger partial charge in [0.15, 0.2) is 0 Å². The highest BCUT2D eigenvalue weighted by molar-refractivity contribution is 7.89. The molecule has 6 heteroatoms. The highest BCUT2D eigenvalue weighted by Gasteiger charge is 2.27. The first-order valence-electron chi connectivity index (χ1n) is 6.40. The number of rotatable bonds is 3. The van der Waals surface area contributed by atoms with E-state index in [1.54, 1.807) is 12.3 Å². The number of fused-ring (bicyclic) bond motifs is 1. The van der Waals surface area contributed by atoms with Crippen LogP contribution in [0.25, 0.3) is 0 Å². The molecule has 1 aromatic heterocycles. The molecule has 0 spiro atoms. The molecule has 0 amide bonds. The van der Waals surface area contributed by atoms with Gasteiger partial charge in [-0.1, -0.05) is 6.07 Å². The SMILES string of the molecule is O=S(=O)(N[C@H]1CCCc2occc21)c1cccc(F)c1. The van der Waals surface area contributed by atoms with Gasteiger partial charge in [-0.2, -0.15) is 0 Å². The van der Waals surface area contributed by atoms with Gasteiger partial charge in [-0.3, -0.25) is 0 Å². The van der Waals surface area contributed by atoms with Gasteiger partial charge >= 0.3 is 0 Å². The summed E-state index contributed by atoms with van der Waals surface area (Å²) in [7, 11) is -3.73. The summed E-state index contributed by atoms with van der Waals surface area (Å²) < 4.78 is 45.7. The van der Waals surface area contributed by atoms with E-state index in [9.17, 15) is 12.8 Å². The van der Waals surface area contributed by atoms with Crippen molar-refractivity contribution < 1.29 is 17.2 Å². The Morgan fingerprint density at radius 1 is 1.30 bits per heavy atom. The zero-order valence-corrected chi connectivity index (χ0v) is 11.5. The number of hydrogen-bond donors (Lipinski definition) is 1. The monoisotopic (exact) mass is 295 g/mol. The summed E-state index contributed by atoms with van der Waals surface area (Å²) in [5.41, 5.74) is 0.872. The molecular formula is C14H14FNO3S. The van der Waals surface area contributed by atoms with Gasteiger partial charge in [0.2, 0.25) is 10.0 Å². The lowest BCUT2D eigenvalue weighted by Crippen LogP contribution is -2.30. The maximum Gasteiger partial charge on any atom is 0.241 e. The molecule has 2 aromatic rings. The van der Waals surface area contributed by atoms with Gasteiger partial charge in [-0.25, -0.2) is 17.5 Å². The number of furan rings is 1. The molecular weight excluding hydrogens is 281 g/mol. The summed E-state index contributed by atoms with van der Waals surface area (Å²) in [6.45, 7) is 0. The van der Waals surface area contributed by atoms with Gasteiger partial charge in [-0.15, -0.1) is 0 Å². The van der Waals surface area contributed by atoms with E-state index in [0.29, 0.717) is 6.42 Å². The van der Waals surface area contributed by atoms with Crippen LogP contribution in [-0.4, -0.2) is 8.42 Å². The van der Waals surface area contributed by atoms with Gasteiger partial charge in [-0.05, 0) is 37.1 Å². The van der Waals surface area contributed by atoms with Gasteiger partial charge in [0, 0.05) is 12.0 Å². The predicted octanol–water partition coefficient (Wildman–Crippen LogP) is 2.77. The van der Waals surface area contributed by atoms with Crippen molar-refractivity contribution >= 4 is 10.0 Å². The minimum Gasteiger partial charge on any atom is -0.469 e. The van der Waals surface area contributed by atoms with Crippen LogP contribution in [0.5, 0.6) is 0 Å². The molecule has 0 unspecified atom stereocenters. The van der Waals surface area contributed by atoms with Crippen molar-refractivity contribution in [3.05, 3.63) is 53.7 Å². The Balaban J connectivity index is 1.89. The van der Waals surface area contributed by atoms with Crippen LogP contribution >= 0.6 is 0 Å². The van der Waals surface area contributed by atoms with Crippen LogP contribution in [-0.2, 0) is 16.4 Å². The molecule has 0 saturated heterocycles. The molecule has 1 aromatic carbocycles. The maximum absolute atomic E-state index is 13.2. The molecule has 0 bridgehead atoms. The molecule has 1 atom stereocenters. The van der Waals surface area contributed by atoms with Crippen LogP contribution in [0.4, 0.5) is 4.39 Å². The fourth-order valence-electron chi connectivity index (χ4n) is 2.50. The number of benzene rings is 1. The lowest BCUT2D eigenvalue weighted by Gasteiger charge is -2.22. The lowest BCUT2D eigenvalue weighted by molar-refractivity contribution is 0.438. The maximum atomic E-state index is 13.2. The number of aryl methyl sites for hydroxylation is 1.